The average molecular weight is 331 g/mol. The summed E-state index contributed by atoms with van der Waals surface area (Å²) in [6, 6.07) is 7.26. The van der Waals surface area contributed by atoms with Crippen LogP contribution in [-0.2, 0) is 4.79 Å². The molecule has 1 heterocycles. The number of carbonyl (C=O) groups excluding carboxylic acids is 1. The molecule has 1 aromatic carbocycles. The molecule has 0 fully saturated rings. The van der Waals surface area contributed by atoms with Crippen LogP contribution < -0.4 is 10.9 Å². The van der Waals surface area contributed by atoms with Crippen LogP contribution in [0.25, 0.3) is 0 Å². The summed E-state index contributed by atoms with van der Waals surface area (Å²) in [6.07, 6.45) is 0.638. The molecule has 0 aliphatic rings. The van der Waals surface area contributed by atoms with Crippen LogP contribution in [0.4, 0.5) is 5.69 Å². The van der Waals surface area contributed by atoms with Crippen molar-refractivity contribution in [1.29, 1.82) is 0 Å². The van der Waals surface area contributed by atoms with Gasteiger partial charge in [-0.2, -0.15) is 0 Å². The number of hydrogen-bond donors (Lipinski definition) is 2. The molecule has 0 bridgehead atoms. The van der Waals surface area contributed by atoms with Crippen molar-refractivity contribution in [1.82, 2.24) is 9.97 Å². The summed E-state index contributed by atoms with van der Waals surface area (Å²) in [5.41, 5.74) is 3.53. The Bertz CT molecular complexity index is 771. The fourth-order valence-corrected chi connectivity index (χ4v) is 3.06. The predicted molar refractivity (Wildman–Crippen MR) is 94.1 cm³/mol. The second kappa shape index (κ2) is 7.46. The molecule has 2 aromatic rings. The number of H-pyrrole nitrogens is 1. The number of thioether (sulfide) groups is 1. The SMILES string of the molecule is CCC(Sc1nc(C)cc(=O)[nH]1)C(=O)Nc1ccc(C)c(C)c1. The van der Waals surface area contributed by atoms with E-state index < -0.39 is 0 Å². The molecule has 122 valence electrons. The topological polar surface area (TPSA) is 74.8 Å². The quantitative estimate of drug-likeness (QED) is 0.652. The number of amides is 1. The maximum atomic E-state index is 12.5. The fourth-order valence-electron chi connectivity index (χ4n) is 2.11. The Morgan fingerprint density at radius 1 is 1.26 bits per heavy atom. The third-order valence-electron chi connectivity index (χ3n) is 3.54. The van der Waals surface area contributed by atoms with E-state index in [0.29, 0.717) is 17.3 Å². The zero-order valence-corrected chi connectivity index (χ0v) is 14.6. The number of nitrogens with one attached hydrogen (secondary N) is 2. The van der Waals surface area contributed by atoms with E-state index in [1.807, 2.05) is 39.0 Å². The van der Waals surface area contributed by atoms with E-state index in [1.165, 1.54) is 23.4 Å². The largest absolute Gasteiger partial charge is 0.325 e. The van der Waals surface area contributed by atoms with E-state index in [1.54, 1.807) is 6.92 Å². The summed E-state index contributed by atoms with van der Waals surface area (Å²) < 4.78 is 0. The van der Waals surface area contributed by atoms with E-state index in [9.17, 15) is 9.59 Å². The molecule has 1 amide bonds. The summed E-state index contributed by atoms with van der Waals surface area (Å²) in [6.45, 7) is 7.74. The van der Waals surface area contributed by atoms with Gasteiger partial charge in [0.2, 0.25) is 5.91 Å². The molecular weight excluding hydrogens is 310 g/mol. The summed E-state index contributed by atoms with van der Waals surface area (Å²) in [4.78, 5) is 30.9. The lowest BCUT2D eigenvalue weighted by Gasteiger charge is -2.15. The molecule has 2 N–H and O–H groups in total. The molecule has 1 unspecified atom stereocenters. The van der Waals surface area contributed by atoms with Gasteiger partial charge in [0.1, 0.15) is 0 Å². The van der Waals surface area contributed by atoms with E-state index in [2.05, 4.69) is 15.3 Å². The fraction of sp³-hybridized carbons (Fsp3) is 0.353. The van der Waals surface area contributed by atoms with E-state index >= 15 is 0 Å². The molecule has 0 aliphatic heterocycles. The Morgan fingerprint density at radius 2 is 2.00 bits per heavy atom. The smallest absolute Gasteiger partial charge is 0.251 e. The van der Waals surface area contributed by atoms with Gasteiger partial charge in [0.05, 0.1) is 5.25 Å². The minimum absolute atomic E-state index is 0.0927. The molecule has 1 atom stereocenters. The molecule has 6 heteroatoms. The highest BCUT2D eigenvalue weighted by molar-refractivity contribution is 8.00. The van der Waals surface area contributed by atoms with Crippen LogP contribution >= 0.6 is 11.8 Å². The van der Waals surface area contributed by atoms with Crippen molar-refractivity contribution >= 4 is 23.4 Å². The molecule has 23 heavy (non-hydrogen) atoms. The third kappa shape index (κ3) is 4.69. The molecule has 5 nitrogen and oxygen atoms in total. The average Bonchev–Trinajstić information content (AvgIpc) is 2.47. The highest BCUT2D eigenvalue weighted by atomic mass is 32.2. The number of anilines is 1. The van der Waals surface area contributed by atoms with Crippen molar-refractivity contribution in [2.75, 3.05) is 5.32 Å². The van der Waals surface area contributed by atoms with Gasteiger partial charge in [0.25, 0.3) is 5.56 Å². The Hall–Kier alpha value is -2.08. The first kappa shape index (κ1) is 17.3. The molecule has 1 aromatic heterocycles. The third-order valence-corrected chi connectivity index (χ3v) is 4.79. The van der Waals surface area contributed by atoms with E-state index in [0.717, 1.165) is 11.3 Å². The second-order valence-corrected chi connectivity index (χ2v) is 6.69. The Morgan fingerprint density at radius 3 is 2.61 bits per heavy atom. The van der Waals surface area contributed by atoms with Crippen molar-refractivity contribution < 1.29 is 4.79 Å². The monoisotopic (exact) mass is 331 g/mol. The minimum Gasteiger partial charge on any atom is -0.325 e. The summed E-state index contributed by atoms with van der Waals surface area (Å²) in [5.74, 6) is -0.0927. The Kier molecular flexibility index (Phi) is 5.60. The maximum absolute atomic E-state index is 12.5. The Balaban J connectivity index is 2.11. The summed E-state index contributed by atoms with van der Waals surface area (Å²) >= 11 is 1.27. The highest BCUT2D eigenvalue weighted by Crippen LogP contribution is 2.23. The standard InChI is InChI=1S/C17H21N3O2S/c1-5-14(23-17-18-12(4)9-15(21)20-17)16(22)19-13-7-6-10(2)11(3)8-13/h6-9,14H,5H2,1-4H3,(H,19,22)(H,18,20,21). The summed E-state index contributed by atoms with van der Waals surface area (Å²) in [7, 11) is 0. The summed E-state index contributed by atoms with van der Waals surface area (Å²) in [5, 5.41) is 3.08. The van der Waals surface area contributed by atoms with Gasteiger partial charge in [0, 0.05) is 17.4 Å². The zero-order chi connectivity index (χ0) is 17.0. The number of aromatic nitrogens is 2. The minimum atomic E-state index is -0.318. The Labute approximate surface area is 139 Å². The number of benzene rings is 1. The molecule has 2 rings (SSSR count). The van der Waals surface area contributed by atoms with Crippen LogP contribution in [0.15, 0.2) is 34.2 Å². The molecule has 0 spiro atoms. The first-order valence-corrected chi connectivity index (χ1v) is 8.39. The lowest BCUT2D eigenvalue weighted by molar-refractivity contribution is -0.115. The predicted octanol–water partition coefficient (Wildman–Crippen LogP) is 3.20. The van der Waals surface area contributed by atoms with Crippen molar-refractivity contribution in [3.8, 4) is 0 Å². The van der Waals surface area contributed by atoms with Crippen molar-refractivity contribution in [2.45, 2.75) is 44.5 Å². The lowest BCUT2D eigenvalue weighted by atomic mass is 10.1. The number of aromatic amines is 1. The second-order valence-electron chi connectivity index (χ2n) is 5.49. The number of nitrogens with zero attached hydrogens (tertiary/aromatic N) is 1. The van der Waals surface area contributed by atoms with Gasteiger partial charge >= 0.3 is 0 Å². The van der Waals surface area contributed by atoms with Crippen LogP contribution in [-0.4, -0.2) is 21.1 Å². The number of carbonyl (C=O) groups is 1. The van der Waals surface area contributed by atoms with Crippen molar-refractivity contribution in [3.05, 3.63) is 51.4 Å². The molecule has 0 aliphatic carbocycles. The van der Waals surface area contributed by atoms with Gasteiger partial charge < -0.3 is 10.3 Å². The van der Waals surface area contributed by atoms with Crippen LogP contribution in [0.3, 0.4) is 0 Å². The van der Waals surface area contributed by atoms with Crippen molar-refractivity contribution in [3.63, 3.8) is 0 Å². The van der Waals surface area contributed by atoms with E-state index in [4.69, 9.17) is 0 Å². The molecular formula is C17H21N3O2S. The van der Waals surface area contributed by atoms with Crippen LogP contribution in [0.5, 0.6) is 0 Å². The first-order valence-electron chi connectivity index (χ1n) is 7.51. The van der Waals surface area contributed by atoms with Gasteiger partial charge in [-0.05, 0) is 50.5 Å². The molecule has 0 saturated carbocycles. The van der Waals surface area contributed by atoms with Gasteiger partial charge in [0.15, 0.2) is 5.16 Å². The number of aryl methyl sites for hydroxylation is 3. The molecule has 0 saturated heterocycles. The van der Waals surface area contributed by atoms with Gasteiger partial charge in [-0.1, -0.05) is 24.8 Å². The van der Waals surface area contributed by atoms with Crippen LogP contribution in [0.1, 0.15) is 30.2 Å². The van der Waals surface area contributed by atoms with Crippen LogP contribution in [0, 0.1) is 20.8 Å². The van der Waals surface area contributed by atoms with E-state index in [-0.39, 0.29) is 16.7 Å². The molecule has 0 radical (unpaired) electrons. The van der Waals surface area contributed by atoms with Crippen LogP contribution in [0.2, 0.25) is 0 Å². The lowest BCUT2D eigenvalue weighted by Crippen LogP contribution is -2.25. The maximum Gasteiger partial charge on any atom is 0.251 e. The number of hydrogen-bond acceptors (Lipinski definition) is 4. The van der Waals surface area contributed by atoms with Gasteiger partial charge in [-0.3, -0.25) is 9.59 Å². The number of rotatable bonds is 5. The van der Waals surface area contributed by atoms with Gasteiger partial charge in [-0.15, -0.1) is 0 Å². The highest BCUT2D eigenvalue weighted by Gasteiger charge is 2.19. The normalized spacial score (nSPS) is 12.0. The van der Waals surface area contributed by atoms with Gasteiger partial charge in [-0.25, -0.2) is 4.98 Å². The van der Waals surface area contributed by atoms with Crippen molar-refractivity contribution in [2.24, 2.45) is 0 Å². The zero-order valence-electron chi connectivity index (χ0n) is 13.8. The first-order chi connectivity index (χ1) is 10.9.